The van der Waals surface area contributed by atoms with E-state index in [2.05, 4.69) is 11.1 Å². The lowest BCUT2D eigenvalue weighted by atomic mass is 9.99. The Kier molecular flexibility index (Phi) is 4.00. The minimum Gasteiger partial charge on any atom is -0.393 e. The topological polar surface area (TPSA) is 42.4 Å². The number of hydrogen-bond donors (Lipinski definition) is 1. The van der Waals surface area contributed by atoms with Crippen LogP contribution in [0.2, 0.25) is 0 Å². The van der Waals surface area contributed by atoms with Crippen LogP contribution >= 0.6 is 11.3 Å². The van der Waals surface area contributed by atoms with Crippen molar-refractivity contribution in [3.8, 4) is 0 Å². The van der Waals surface area contributed by atoms with Crippen molar-refractivity contribution < 1.29 is 9.84 Å². The number of aliphatic hydroxyl groups is 1. The van der Waals surface area contributed by atoms with Crippen molar-refractivity contribution in [2.45, 2.75) is 38.4 Å². The molecule has 0 amide bonds. The van der Waals surface area contributed by atoms with Crippen molar-refractivity contribution in [1.82, 2.24) is 4.98 Å². The molecule has 0 aliphatic rings. The first kappa shape index (κ1) is 13.5. The summed E-state index contributed by atoms with van der Waals surface area (Å²) in [6.07, 6.45) is 0.784. The molecule has 0 radical (unpaired) electrons. The van der Waals surface area contributed by atoms with E-state index >= 15 is 0 Å². The summed E-state index contributed by atoms with van der Waals surface area (Å²) in [4.78, 5) is 4.53. The number of aromatic nitrogens is 1. The van der Waals surface area contributed by atoms with E-state index in [0.29, 0.717) is 12.8 Å². The highest BCUT2D eigenvalue weighted by atomic mass is 32.1. The van der Waals surface area contributed by atoms with Gasteiger partial charge in [0.25, 0.3) is 0 Å². The molecule has 0 bridgehead atoms. The molecular weight excluding hydrogens is 246 g/mol. The second kappa shape index (κ2) is 5.34. The molecule has 0 saturated heterocycles. The Bertz CT molecular complexity index is 488. The lowest BCUT2D eigenvalue weighted by Crippen LogP contribution is -2.29. The van der Waals surface area contributed by atoms with Crippen LogP contribution in [0.4, 0.5) is 0 Å². The summed E-state index contributed by atoms with van der Waals surface area (Å²) in [6.45, 7) is 3.96. The molecule has 98 valence electrons. The van der Waals surface area contributed by atoms with Gasteiger partial charge in [-0.1, -0.05) is 12.1 Å². The molecule has 3 nitrogen and oxygen atoms in total. The van der Waals surface area contributed by atoms with E-state index in [1.165, 1.54) is 4.70 Å². The Balaban J connectivity index is 2.05. The molecule has 1 aromatic carbocycles. The van der Waals surface area contributed by atoms with Crippen molar-refractivity contribution in [3.05, 3.63) is 29.3 Å². The summed E-state index contributed by atoms with van der Waals surface area (Å²) in [6, 6.07) is 8.05. The average Bonchev–Trinajstić information content (AvgIpc) is 2.70. The molecule has 1 unspecified atom stereocenters. The molecule has 0 aliphatic carbocycles. The van der Waals surface area contributed by atoms with E-state index in [1.54, 1.807) is 18.4 Å². The van der Waals surface area contributed by atoms with E-state index in [4.69, 9.17) is 4.74 Å². The quantitative estimate of drug-likeness (QED) is 0.903. The van der Waals surface area contributed by atoms with Gasteiger partial charge >= 0.3 is 0 Å². The molecule has 1 atom stereocenters. The van der Waals surface area contributed by atoms with Crippen LogP contribution in [0.5, 0.6) is 0 Å². The smallest absolute Gasteiger partial charge is 0.0964 e. The first-order valence-corrected chi connectivity index (χ1v) is 6.89. The summed E-state index contributed by atoms with van der Waals surface area (Å²) in [5, 5.41) is 11.1. The first-order chi connectivity index (χ1) is 8.50. The fourth-order valence-electron chi connectivity index (χ4n) is 1.93. The summed E-state index contributed by atoms with van der Waals surface area (Å²) >= 11 is 1.65. The van der Waals surface area contributed by atoms with Gasteiger partial charge in [0, 0.05) is 20.0 Å². The molecule has 0 saturated carbocycles. The molecule has 0 spiro atoms. The van der Waals surface area contributed by atoms with Gasteiger partial charge in [-0.25, -0.2) is 4.98 Å². The highest BCUT2D eigenvalue weighted by molar-refractivity contribution is 7.18. The Morgan fingerprint density at radius 1 is 1.39 bits per heavy atom. The van der Waals surface area contributed by atoms with Gasteiger partial charge in [-0.15, -0.1) is 11.3 Å². The van der Waals surface area contributed by atoms with Gasteiger partial charge in [0.05, 0.1) is 26.9 Å². The van der Waals surface area contributed by atoms with Gasteiger partial charge in [-0.2, -0.15) is 0 Å². The van der Waals surface area contributed by atoms with Gasteiger partial charge in [-0.05, 0) is 26.0 Å². The third-order valence-corrected chi connectivity index (χ3v) is 4.09. The van der Waals surface area contributed by atoms with Crippen molar-refractivity contribution >= 4 is 21.6 Å². The van der Waals surface area contributed by atoms with E-state index < -0.39 is 6.10 Å². The minimum absolute atomic E-state index is 0.296. The number of aliphatic hydroxyl groups excluding tert-OH is 1. The van der Waals surface area contributed by atoms with Crippen molar-refractivity contribution in [2.75, 3.05) is 7.11 Å². The van der Waals surface area contributed by atoms with Crippen LogP contribution in [-0.2, 0) is 11.2 Å². The van der Waals surface area contributed by atoms with Crippen LogP contribution in [0.15, 0.2) is 24.3 Å². The van der Waals surface area contributed by atoms with Crippen LogP contribution in [-0.4, -0.2) is 28.9 Å². The third kappa shape index (κ3) is 3.28. The molecule has 1 heterocycles. The number of rotatable bonds is 5. The SMILES string of the molecule is COC(C)(C)CC(O)Cc1nc2ccccc2s1. The maximum Gasteiger partial charge on any atom is 0.0964 e. The normalized spacial score (nSPS) is 14.0. The van der Waals surface area contributed by atoms with E-state index in [9.17, 15) is 5.11 Å². The van der Waals surface area contributed by atoms with Crippen LogP contribution in [0.3, 0.4) is 0 Å². The van der Waals surface area contributed by atoms with Crippen LogP contribution in [0, 0.1) is 0 Å². The van der Waals surface area contributed by atoms with Crippen molar-refractivity contribution in [1.29, 1.82) is 0 Å². The van der Waals surface area contributed by atoms with Gasteiger partial charge in [0.1, 0.15) is 0 Å². The molecule has 0 aliphatic heterocycles. The van der Waals surface area contributed by atoms with Crippen LogP contribution < -0.4 is 0 Å². The zero-order valence-electron chi connectivity index (χ0n) is 11.0. The molecule has 1 aromatic heterocycles. The molecular formula is C14H19NO2S. The third-order valence-electron chi connectivity index (χ3n) is 3.03. The van der Waals surface area contributed by atoms with Gasteiger partial charge in [-0.3, -0.25) is 0 Å². The van der Waals surface area contributed by atoms with Gasteiger partial charge in [0.15, 0.2) is 0 Å². The fourth-order valence-corrected chi connectivity index (χ4v) is 2.97. The highest BCUT2D eigenvalue weighted by Crippen LogP contribution is 2.24. The summed E-state index contributed by atoms with van der Waals surface area (Å²) < 4.78 is 6.50. The van der Waals surface area contributed by atoms with Crippen LogP contribution in [0.25, 0.3) is 10.2 Å². The molecule has 1 N–H and O–H groups in total. The number of benzene rings is 1. The highest BCUT2D eigenvalue weighted by Gasteiger charge is 2.22. The molecule has 2 rings (SSSR count). The molecule has 4 heteroatoms. The van der Waals surface area contributed by atoms with E-state index in [0.717, 1.165) is 10.5 Å². The lowest BCUT2D eigenvalue weighted by molar-refractivity contribution is -0.0190. The predicted octanol–water partition coefficient (Wildman–Crippen LogP) is 3.01. The predicted molar refractivity (Wildman–Crippen MR) is 75.0 cm³/mol. The Hall–Kier alpha value is -0.970. The van der Waals surface area contributed by atoms with Gasteiger partial charge in [0.2, 0.25) is 0 Å². The lowest BCUT2D eigenvalue weighted by Gasteiger charge is -2.25. The van der Waals surface area contributed by atoms with Crippen LogP contribution in [0.1, 0.15) is 25.3 Å². The second-order valence-corrected chi connectivity index (χ2v) is 6.22. The van der Waals surface area contributed by atoms with E-state index in [1.807, 2.05) is 32.0 Å². The van der Waals surface area contributed by atoms with Gasteiger partial charge < -0.3 is 9.84 Å². The number of thiazole rings is 1. The Morgan fingerprint density at radius 2 is 2.11 bits per heavy atom. The maximum absolute atomic E-state index is 10.1. The average molecular weight is 265 g/mol. The molecule has 2 aromatic rings. The Labute approximate surface area is 111 Å². The number of ether oxygens (including phenoxy) is 1. The summed E-state index contributed by atoms with van der Waals surface area (Å²) in [7, 11) is 1.67. The zero-order valence-corrected chi connectivity index (χ0v) is 11.8. The fraction of sp³-hybridized carbons (Fsp3) is 0.500. The first-order valence-electron chi connectivity index (χ1n) is 6.08. The standard InChI is InChI=1S/C14H19NO2S/c1-14(2,17-3)9-10(16)8-13-15-11-6-4-5-7-12(11)18-13/h4-7,10,16H,8-9H2,1-3H3. The molecule has 0 fully saturated rings. The number of para-hydroxylation sites is 1. The largest absolute Gasteiger partial charge is 0.393 e. The maximum atomic E-state index is 10.1. The minimum atomic E-state index is -0.416. The molecule has 18 heavy (non-hydrogen) atoms. The summed E-state index contributed by atoms with van der Waals surface area (Å²) in [5.41, 5.74) is 0.714. The van der Waals surface area contributed by atoms with Crippen molar-refractivity contribution in [3.63, 3.8) is 0 Å². The zero-order chi connectivity index (χ0) is 13.2. The van der Waals surface area contributed by atoms with Crippen molar-refractivity contribution in [2.24, 2.45) is 0 Å². The summed E-state index contributed by atoms with van der Waals surface area (Å²) in [5.74, 6) is 0. The number of fused-ring (bicyclic) bond motifs is 1. The number of hydrogen-bond acceptors (Lipinski definition) is 4. The number of nitrogens with zero attached hydrogens (tertiary/aromatic N) is 1. The Morgan fingerprint density at radius 3 is 2.78 bits per heavy atom. The number of methoxy groups -OCH3 is 1. The van der Waals surface area contributed by atoms with E-state index in [-0.39, 0.29) is 5.60 Å². The second-order valence-electron chi connectivity index (χ2n) is 5.10. The monoisotopic (exact) mass is 265 g/mol.